The summed E-state index contributed by atoms with van der Waals surface area (Å²) in [5.41, 5.74) is 2.50. The van der Waals surface area contributed by atoms with Gasteiger partial charge in [-0.25, -0.2) is 9.18 Å². The van der Waals surface area contributed by atoms with Crippen LogP contribution in [0.4, 0.5) is 14.9 Å². The van der Waals surface area contributed by atoms with E-state index in [1.54, 1.807) is 40.5 Å². The quantitative estimate of drug-likeness (QED) is 0.350. The van der Waals surface area contributed by atoms with Gasteiger partial charge < -0.3 is 19.9 Å². The molecule has 3 amide bonds. The molecule has 0 radical (unpaired) electrons. The molecule has 35 heavy (non-hydrogen) atoms. The number of aryl methyl sites for hydroxylation is 1. The monoisotopic (exact) mass is 497 g/mol. The number of carbonyl (C=O) groups excluding carboxylic acids is 2. The standard InChI is InChI=1S/C27H32FN3O3S/c1-4-15-30(27(33)29-23-8-6-7-9-24(23)34-5-2)19-26(32)31(18-25-20(3)14-16-35-25)17-21-10-12-22(28)13-11-21/h6-14,16H,4-5,15,17-19H2,1-3H3,(H,29,33). The molecule has 0 aliphatic rings. The summed E-state index contributed by atoms with van der Waals surface area (Å²) in [6.07, 6.45) is 0.704. The summed E-state index contributed by atoms with van der Waals surface area (Å²) in [6, 6.07) is 15.0. The molecule has 1 heterocycles. The Morgan fingerprint density at radius 1 is 1.00 bits per heavy atom. The number of anilines is 1. The first-order valence-electron chi connectivity index (χ1n) is 11.7. The van der Waals surface area contributed by atoms with Crippen molar-refractivity contribution in [2.45, 2.75) is 40.3 Å². The normalized spacial score (nSPS) is 10.6. The van der Waals surface area contributed by atoms with Crippen LogP contribution in [-0.2, 0) is 17.9 Å². The maximum absolute atomic E-state index is 13.5. The summed E-state index contributed by atoms with van der Waals surface area (Å²) < 4.78 is 19.0. The number of thiophene rings is 1. The molecule has 0 bridgehead atoms. The Balaban J connectivity index is 1.77. The van der Waals surface area contributed by atoms with E-state index in [1.807, 2.05) is 44.4 Å². The fraction of sp³-hybridized carbons (Fsp3) is 0.333. The van der Waals surface area contributed by atoms with Crippen molar-refractivity contribution in [3.8, 4) is 5.75 Å². The maximum atomic E-state index is 13.5. The summed E-state index contributed by atoms with van der Waals surface area (Å²) in [6.45, 7) is 7.44. The van der Waals surface area contributed by atoms with E-state index in [4.69, 9.17) is 4.74 Å². The van der Waals surface area contributed by atoms with Crippen molar-refractivity contribution >= 4 is 29.0 Å². The summed E-state index contributed by atoms with van der Waals surface area (Å²) in [4.78, 5) is 30.9. The van der Waals surface area contributed by atoms with E-state index in [9.17, 15) is 14.0 Å². The van der Waals surface area contributed by atoms with Gasteiger partial charge in [0.05, 0.1) is 18.8 Å². The van der Waals surface area contributed by atoms with E-state index in [-0.39, 0.29) is 24.3 Å². The molecule has 6 nitrogen and oxygen atoms in total. The number of urea groups is 1. The number of hydrogen-bond acceptors (Lipinski definition) is 4. The highest BCUT2D eigenvalue weighted by Gasteiger charge is 2.23. The summed E-state index contributed by atoms with van der Waals surface area (Å²) in [5.74, 6) is 0.0832. The fourth-order valence-electron chi connectivity index (χ4n) is 3.61. The Kier molecular flexibility index (Phi) is 9.66. The van der Waals surface area contributed by atoms with Crippen LogP contribution in [0, 0.1) is 12.7 Å². The zero-order valence-electron chi connectivity index (χ0n) is 20.4. The van der Waals surface area contributed by atoms with Crippen LogP contribution < -0.4 is 10.1 Å². The van der Waals surface area contributed by atoms with Crippen LogP contribution in [0.25, 0.3) is 0 Å². The predicted octanol–water partition coefficient (Wildman–Crippen LogP) is 6.07. The Morgan fingerprint density at radius 2 is 1.74 bits per heavy atom. The highest BCUT2D eigenvalue weighted by molar-refractivity contribution is 7.10. The molecular weight excluding hydrogens is 465 g/mol. The molecule has 0 fully saturated rings. The maximum Gasteiger partial charge on any atom is 0.322 e. The second-order valence-electron chi connectivity index (χ2n) is 8.18. The van der Waals surface area contributed by atoms with Crippen LogP contribution in [-0.4, -0.2) is 41.4 Å². The molecule has 0 saturated carbocycles. The van der Waals surface area contributed by atoms with Crippen molar-refractivity contribution in [1.29, 1.82) is 0 Å². The zero-order chi connectivity index (χ0) is 25.2. The summed E-state index contributed by atoms with van der Waals surface area (Å²) >= 11 is 1.59. The Labute approximate surface area is 210 Å². The van der Waals surface area contributed by atoms with Crippen molar-refractivity contribution in [3.05, 3.63) is 81.8 Å². The molecule has 2 aromatic carbocycles. The third kappa shape index (κ3) is 7.55. The third-order valence-electron chi connectivity index (χ3n) is 5.48. The lowest BCUT2D eigenvalue weighted by Gasteiger charge is -2.28. The number of amides is 3. The lowest BCUT2D eigenvalue weighted by atomic mass is 10.2. The number of benzene rings is 2. The number of rotatable bonds is 11. The van der Waals surface area contributed by atoms with E-state index >= 15 is 0 Å². The average molecular weight is 498 g/mol. The molecule has 3 aromatic rings. The Morgan fingerprint density at radius 3 is 2.40 bits per heavy atom. The van der Waals surface area contributed by atoms with Gasteiger partial charge in [-0.3, -0.25) is 4.79 Å². The van der Waals surface area contributed by atoms with Gasteiger partial charge in [0.2, 0.25) is 5.91 Å². The van der Waals surface area contributed by atoms with E-state index < -0.39 is 0 Å². The van der Waals surface area contributed by atoms with Crippen molar-refractivity contribution in [1.82, 2.24) is 9.80 Å². The predicted molar refractivity (Wildman–Crippen MR) is 138 cm³/mol. The molecule has 0 atom stereocenters. The van der Waals surface area contributed by atoms with Crippen LogP contribution in [0.2, 0.25) is 0 Å². The molecule has 186 valence electrons. The first-order chi connectivity index (χ1) is 16.9. The molecule has 0 saturated heterocycles. The number of nitrogens with one attached hydrogen (secondary N) is 1. The topological polar surface area (TPSA) is 61.9 Å². The van der Waals surface area contributed by atoms with Gasteiger partial charge in [0.1, 0.15) is 18.1 Å². The molecule has 0 unspecified atom stereocenters. The lowest BCUT2D eigenvalue weighted by molar-refractivity contribution is -0.133. The van der Waals surface area contributed by atoms with Crippen LogP contribution in [0.5, 0.6) is 5.75 Å². The average Bonchev–Trinajstić information content (AvgIpc) is 3.25. The van der Waals surface area contributed by atoms with Gasteiger partial charge in [-0.2, -0.15) is 0 Å². The fourth-order valence-corrected chi connectivity index (χ4v) is 4.53. The van der Waals surface area contributed by atoms with Crippen LogP contribution in [0.15, 0.2) is 60.0 Å². The SMILES string of the molecule is CCCN(CC(=O)N(Cc1ccc(F)cc1)Cc1sccc1C)C(=O)Nc1ccccc1OCC. The minimum atomic E-state index is -0.360. The Bertz CT molecular complexity index is 1120. The number of ether oxygens (including phenoxy) is 1. The lowest BCUT2D eigenvalue weighted by Crippen LogP contribution is -2.44. The van der Waals surface area contributed by atoms with E-state index in [0.29, 0.717) is 44.1 Å². The number of carbonyl (C=O) groups is 2. The molecular formula is C27H32FN3O3S. The second-order valence-corrected chi connectivity index (χ2v) is 9.18. The van der Waals surface area contributed by atoms with Gasteiger partial charge >= 0.3 is 6.03 Å². The van der Waals surface area contributed by atoms with Crippen molar-refractivity contribution in [3.63, 3.8) is 0 Å². The molecule has 1 aromatic heterocycles. The first kappa shape index (κ1) is 26.2. The highest BCUT2D eigenvalue weighted by Crippen LogP contribution is 2.24. The molecule has 1 N–H and O–H groups in total. The second kappa shape index (κ2) is 12.9. The van der Waals surface area contributed by atoms with Gasteiger partial charge in [-0.15, -0.1) is 11.3 Å². The van der Waals surface area contributed by atoms with Crippen LogP contribution in [0.1, 0.15) is 36.3 Å². The van der Waals surface area contributed by atoms with Crippen LogP contribution >= 0.6 is 11.3 Å². The van der Waals surface area contributed by atoms with E-state index in [0.717, 1.165) is 16.0 Å². The number of halogens is 1. The van der Waals surface area contributed by atoms with Gasteiger partial charge in [0.15, 0.2) is 0 Å². The first-order valence-corrected chi connectivity index (χ1v) is 12.6. The van der Waals surface area contributed by atoms with Crippen molar-refractivity contribution < 1.29 is 18.7 Å². The zero-order valence-corrected chi connectivity index (χ0v) is 21.2. The number of hydrogen-bond donors (Lipinski definition) is 1. The van der Waals surface area contributed by atoms with Crippen molar-refractivity contribution in [2.24, 2.45) is 0 Å². The molecule has 0 aliphatic heterocycles. The Hall–Kier alpha value is -3.39. The third-order valence-corrected chi connectivity index (χ3v) is 6.49. The molecule has 0 aliphatic carbocycles. The smallest absolute Gasteiger partial charge is 0.322 e. The molecule has 3 rings (SSSR count). The largest absolute Gasteiger partial charge is 0.492 e. The van der Waals surface area contributed by atoms with E-state index in [2.05, 4.69) is 5.32 Å². The van der Waals surface area contributed by atoms with Gasteiger partial charge in [0, 0.05) is 18.0 Å². The number of nitrogens with zero attached hydrogens (tertiary/aromatic N) is 2. The minimum absolute atomic E-state index is 0.0674. The van der Waals surface area contributed by atoms with Gasteiger partial charge in [0.25, 0.3) is 0 Å². The molecule has 8 heteroatoms. The molecule has 0 spiro atoms. The highest BCUT2D eigenvalue weighted by atomic mass is 32.1. The summed E-state index contributed by atoms with van der Waals surface area (Å²) in [7, 11) is 0. The van der Waals surface area contributed by atoms with Crippen LogP contribution in [0.3, 0.4) is 0 Å². The van der Waals surface area contributed by atoms with Gasteiger partial charge in [-0.1, -0.05) is 31.2 Å². The van der Waals surface area contributed by atoms with Gasteiger partial charge in [-0.05, 0) is 67.1 Å². The number of para-hydroxylation sites is 2. The van der Waals surface area contributed by atoms with Crippen molar-refractivity contribution in [2.75, 3.05) is 25.0 Å². The van der Waals surface area contributed by atoms with E-state index in [1.165, 1.54) is 17.0 Å². The summed E-state index contributed by atoms with van der Waals surface area (Å²) in [5, 5.41) is 4.88. The minimum Gasteiger partial charge on any atom is -0.492 e.